The minimum absolute atomic E-state index is 0.0629. The van der Waals surface area contributed by atoms with Gasteiger partial charge in [0, 0.05) is 18.8 Å². The van der Waals surface area contributed by atoms with E-state index in [0.717, 1.165) is 35.2 Å². The van der Waals surface area contributed by atoms with Gasteiger partial charge in [-0.1, -0.05) is 93.9 Å². The first-order chi connectivity index (χ1) is 29.5. The Morgan fingerprint density at radius 3 is 1.31 bits per heavy atom. The number of aryl methyl sites for hydroxylation is 1. The van der Waals surface area contributed by atoms with Gasteiger partial charge in [0.25, 0.3) is 0 Å². The molecular weight excluding hydrogens is 791 g/mol. The van der Waals surface area contributed by atoms with Gasteiger partial charge in [-0.15, -0.1) is 0 Å². The van der Waals surface area contributed by atoms with E-state index in [1.165, 1.54) is 24.0 Å². The number of primary amides is 2. The van der Waals surface area contributed by atoms with Gasteiger partial charge in [-0.2, -0.15) is 0 Å². The second-order valence-corrected chi connectivity index (χ2v) is 17.4. The van der Waals surface area contributed by atoms with Gasteiger partial charge in [0.1, 0.15) is 23.2 Å². The number of carbonyl (C=O) groups is 6. The Hall–Kier alpha value is -6.12. The van der Waals surface area contributed by atoms with Crippen LogP contribution in [0.5, 0.6) is 0 Å². The number of amides is 6. The topological polar surface area (TPSA) is 207 Å². The van der Waals surface area contributed by atoms with Crippen molar-refractivity contribution in [3.8, 4) is 0 Å². The highest BCUT2D eigenvalue weighted by Gasteiger charge is 2.53. The summed E-state index contributed by atoms with van der Waals surface area (Å²) in [4.78, 5) is 85.0. The normalized spacial score (nSPS) is 23.3. The molecule has 0 bridgehead atoms. The van der Waals surface area contributed by atoms with E-state index in [4.69, 9.17) is 20.9 Å². The first kappa shape index (κ1) is 45.4. The van der Waals surface area contributed by atoms with Gasteiger partial charge >= 0.3 is 12.2 Å². The first-order valence-corrected chi connectivity index (χ1v) is 21.5. The third-order valence-electron chi connectivity index (χ3n) is 13.2. The third-order valence-corrected chi connectivity index (χ3v) is 13.2. The summed E-state index contributed by atoms with van der Waals surface area (Å²) in [6.07, 6.45) is 1.95. The average molecular weight is 852 g/mol. The van der Waals surface area contributed by atoms with Crippen molar-refractivity contribution in [1.82, 2.24) is 20.4 Å². The van der Waals surface area contributed by atoms with E-state index < -0.39 is 59.0 Å². The van der Waals surface area contributed by atoms with Crippen molar-refractivity contribution >= 4 is 41.5 Å². The Labute approximate surface area is 363 Å². The molecule has 62 heavy (non-hydrogen) atoms. The van der Waals surface area contributed by atoms with E-state index in [0.29, 0.717) is 49.9 Å². The summed E-state index contributed by atoms with van der Waals surface area (Å²) in [5, 5.41) is 5.28. The Morgan fingerprint density at radius 2 is 0.984 bits per heavy atom. The number of rotatable bonds is 13. The van der Waals surface area contributed by atoms with Crippen molar-refractivity contribution < 1.29 is 38.2 Å². The summed E-state index contributed by atoms with van der Waals surface area (Å²) in [7, 11) is 2.47. The zero-order valence-electron chi connectivity index (χ0n) is 36.8. The Kier molecular flexibility index (Phi) is 13.5. The van der Waals surface area contributed by atoms with E-state index in [9.17, 15) is 28.8 Å². The highest BCUT2D eigenvalue weighted by atomic mass is 16.5. The predicted octanol–water partition coefficient (Wildman–Crippen LogP) is 5.45. The molecule has 0 unspecified atom stereocenters. The molecule has 6 amide bonds. The lowest BCUT2D eigenvalue weighted by molar-refractivity contribution is -0.146. The number of alkyl carbamates (subject to hydrolysis) is 2. The van der Waals surface area contributed by atoms with Crippen LogP contribution in [-0.2, 0) is 39.7 Å². The van der Waals surface area contributed by atoms with Crippen molar-refractivity contribution in [2.24, 2.45) is 23.3 Å². The van der Waals surface area contributed by atoms with Crippen LogP contribution in [0.25, 0.3) is 0 Å². The first-order valence-electron chi connectivity index (χ1n) is 21.5. The van der Waals surface area contributed by atoms with Crippen LogP contribution >= 0.6 is 0 Å². The summed E-state index contributed by atoms with van der Waals surface area (Å²) in [6.45, 7) is 9.93. The minimum Gasteiger partial charge on any atom is -0.453 e. The lowest BCUT2D eigenvalue weighted by Gasteiger charge is -2.39. The molecular formula is C47H61N7O8. The molecule has 6 atom stereocenters. The predicted molar refractivity (Wildman–Crippen MR) is 233 cm³/mol. The van der Waals surface area contributed by atoms with Gasteiger partial charge in [0.15, 0.2) is 0 Å². The van der Waals surface area contributed by atoms with E-state index in [-0.39, 0.29) is 23.9 Å². The van der Waals surface area contributed by atoms with Crippen LogP contribution in [-0.4, -0.2) is 85.0 Å². The molecule has 3 saturated heterocycles. The van der Waals surface area contributed by atoms with Gasteiger partial charge in [0.2, 0.25) is 23.6 Å². The zero-order valence-corrected chi connectivity index (χ0v) is 36.8. The van der Waals surface area contributed by atoms with Crippen LogP contribution < -0.4 is 27.0 Å². The molecule has 15 heteroatoms. The second kappa shape index (κ2) is 18.5. The number of nitrogens with one attached hydrogen (secondary N) is 2. The summed E-state index contributed by atoms with van der Waals surface area (Å²) in [6, 6.07) is 22.0. The fourth-order valence-corrected chi connectivity index (χ4v) is 9.87. The number of hydrogen-bond donors (Lipinski definition) is 4. The summed E-state index contributed by atoms with van der Waals surface area (Å²) < 4.78 is 9.58. The fraction of sp³-hybridized carbons (Fsp3) is 0.489. The Balaban J connectivity index is 1.32. The molecule has 332 valence electrons. The molecule has 3 heterocycles. The lowest BCUT2D eigenvalue weighted by atomic mass is 9.84. The van der Waals surface area contributed by atoms with E-state index in [1.807, 2.05) is 83.1 Å². The standard InChI is InChI=1S/C47H61N7O8/c1-28(2)38(50-44(59)61-6)40(55)52-26-8-24-46(52,42(48)57)33-16-12-31(13-17-33)36-22-23-37(54(36)35-20-10-30(5)11-21-35)32-14-18-34(19-15-32)47(43(49)58)25-9-27-53(47)41(56)39(29(3)4)51-45(60)62-7/h10-21,28-29,36-39H,8-9,22-27H2,1-7H3,(H2,48,57)(H2,49,58)(H,50,59)(H,51,60)/t36-,37-,38+,39+,46+,47+/m1/s1. The highest BCUT2D eigenvalue weighted by Crippen LogP contribution is 2.49. The summed E-state index contributed by atoms with van der Waals surface area (Å²) >= 11 is 0. The molecule has 0 aromatic heterocycles. The van der Waals surface area contributed by atoms with Gasteiger partial charge in [-0.3, -0.25) is 19.2 Å². The van der Waals surface area contributed by atoms with Crippen LogP contribution in [0, 0.1) is 18.8 Å². The number of likely N-dealkylation sites (tertiary alicyclic amines) is 2. The van der Waals surface area contributed by atoms with Gasteiger partial charge < -0.3 is 46.3 Å². The van der Waals surface area contributed by atoms with E-state index in [1.54, 1.807) is 0 Å². The largest absolute Gasteiger partial charge is 0.453 e. The lowest BCUT2D eigenvalue weighted by Crippen LogP contribution is -2.59. The van der Waals surface area contributed by atoms with Gasteiger partial charge in [-0.25, -0.2) is 9.59 Å². The number of hydrogen-bond acceptors (Lipinski definition) is 9. The SMILES string of the molecule is COC(=O)N[C@H](C(=O)N1CCC[C@@]1(C(N)=O)c1ccc([C@H]2CC[C@H](c3ccc([C@]4(C(N)=O)CCCN4C(=O)[C@@H](NC(=O)OC)C(C)C)cc3)N2c2ccc(C)cc2)cc1)C(C)C. The number of anilines is 1. The third kappa shape index (κ3) is 8.28. The molecule has 3 aromatic rings. The Bertz CT molecular complexity index is 2010. The van der Waals surface area contributed by atoms with Crippen molar-refractivity contribution in [2.75, 3.05) is 32.2 Å². The molecule has 3 aliphatic rings. The number of methoxy groups -OCH3 is 2. The molecule has 3 aromatic carbocycles. The maximum Gasteiger partial charge on any atom is 0.407 e. The van der Waals surface area contributed by atoms with Crippen LogP contribution in [0.15, 0.2) is 72.8 Å². The number of ether oxygens (including phenoxy) is 2. The quantitative estimate of drug-likeness (QED) is 0.172. The smallest absolute Gasteiger partial charge is 0.407 e. The molecule has 3 fully saturated rings. The maximum atomic E-state index is 14.1. The molecule has 0 spiro atoms. The zero-order chi connectivity index (χ0) is 45.1. The maximum absolute atomic E-state index is 14.1. The van der Waals surface area contributed by atoms with Gasteiger partial charge in [-0.05, 0) is 91.7 Å². The molecule has 15 nitrogen and oxygen atoms in total. The van der Waals surface area contributed by atoms with Crippen molar-refractivity contribution in [1.29, 1.82) is 0 Å². The molecule has 3 aliphatic heterocycles. The molecule has 0 saturated carbocycles. The van der Waals surface area contributed by atoms with Crippen molar-refractivity contribution in [3.05, 3.63) is 101 Å². The number of carbonyl (C=O) groups excluding carboxylic acids is 6. The minimum atomic E-state index is -1.40. The summed E-state index contributed by atoms with van der Waals surface area (Å²) in [5.74, 6) is -2.62. The van der Waals surface area contributed by atoms with Gasteiger partial charge in [0.05, 0.1) is 26.3 Å². The molecule has 6 N–H and O–H groups in total. The van der Waals surface area contributed by atoms with Crippen molar-refractivity contribution in [3.63, 3.8) is 0 Å². The van der Waals surface area contributed by atoms with E-state index in [2.05, 4.69) is 39.8 Å². The van der Waals surface area contributed by atoms with Crippen LogP contribution in [0.2, 0.25) is 0 Å². The second-order valence-electron chi connectivity index (χ2n) is 17.4. The number of benzene rings is 3. The number of nitrogens with two attached hydrogens (primary N) is 2. The highest BCUT2D eigenvalue weighted by molar-refractivity contribution is 5.96. The summed E-state index contributed by atoms with van der Waals surface area (Å²) in [5.41, 5.74) is 15.0. The van der Waals surface area contributed by atoms with Crippen LogP contribution in [0.3, 0.4) is 0 Å². The number of nitrogens with zero attached hydrogens (tertiary/aromatic N) is 3. The average Bonchev–Trinajstić information content (AvgIpc) is 4.03. The van der Waals surface area contributed by atoms with Crippen LogP contribution in [0.1, 0.15) is 106 Å². The Morgan fingerprint density at radius 1 is 0.613 bits per heavy atom. The monoisotopic (exact) mass is 851 g/mol. The fourth-order valence-electron chi connectivity index (χ4n) is 9.87. The van der Waals surface area contributed by atoms with Crippen LogP contribution in [0.4, 0.5) is 15.3 Å². The molecule has 0 aliphatic carbocycles. The molecule has 0 radical (unpaired) electrons. The molecule has 6 rings (SSSR count). The van der Waals surface area contributed by atoms with E-state index >= 15 is 0 Å². The van der Waals surface area contributed by atoms with Crippen molar-refractivity contribution in [2.45, 2.75) is 108 Å².